The molecule has 10 heteroatoms. The second-order valence-corrected chi connectivity index (χ2v) is 9.93. The molecule has 2 aliphatic heterocycles. The summed E-state index contributed by atoms with van der Waals surface area (Å²) in [7, 11) is 0. The third-order valence-corrected chi connectivity index (χ3v) is 7.55. The van der Waals surface area contributed by atoms with E-state index in [-0.39, 0.29) is 29.7 Å². The van der Waals surface area contributed by atoms with E-state index in [1.807, 2.05) is 4.90 Å². The average molecular weight is 493 g/mol. The van der Waals surface area contributed by atoms with Crippen molar-refractivity contribution in [3.05, 3.63) is 41.2 Å². The summed E-state index contributed by atoms with van der Waals surface area (Å²) in [5, 5.41) is 14.7. The number of rotatable bonds is 5. The van der Waals surface area contributed by atoms with Crippen molar-refractivity contribution in [1.82, 2.24) is 19.6 Å². The summed E-state index contributed by atoms with van der Waals surface area (Å²) >= 11 is 0. The van der Waals surface area contributed by atoms with E-state index in [0.29, 0.717) is 36.1 Å². The van der Waals surface area contributed by atoms with Crippen molar-refractivity contribution in [2.75, 3.05) is 19.6 Å². The van der Waals surface area contributed by atoms with Gasteiger partial charge in [0.05, 0.1) is 28.7 Å². The fourth-order valence-electron chi connectivity index (χ4n) is 5.57. The average Bonchev–Trinajstić information content (AvgIpc) is 3.52. The number of hydrogen-bond acceptors (Lipinski definition) is 5. The Hall–Kier alpha value is -2.59. The van der Waals surface area contributed by atoms with E-state index in [9.17, 15) is 23.1 Å². The molecule has 0 unspecified atom stereocenters. The number of aliphatic hydroxyl groups excluding tert-OH is 1. The molecule has 1 saturated carbocycles. The molecule has 0 spiro atoms. The zero-order valence-electron chi connectivity index (χ0n) is 20.0. The molecule has 1 N–H and O–H groups in total. The quantitative estimate of drug-likeness (QED) is 0.683. The Morgan fingerprint density at radius 1 is 1.11 bits per heavy atom. The number of ether oxygens (including phenoxy) is 1. The summed E-state index contributed by atoms with van der Waals surface area (Å²) in [6.07, 6.45) is -0.737. The van der Waals surface area contributed by atoms with Gasteiger partial charge in [-0.25, -0.2) is 4.68 Å². The van der Waals surface area contributed by atoms with E-state index in [0.717, 1.165) is 44.3 Å². The Bertz CT molecular complexity index is 1090. The minimum atomic E-state index is -4.78. The molecule has 7 nitrogen and oxygen atoms in total. The zero-order chi connectivity index (χ0) is 24.9. The highest BCUT2D eigenvalue weighted by Gasteiger charge is 2.39. The summed E-state index contributed by atoms with van der Waals surface area (Å²) in [5.74, 6) is -0.223. The molecule has 190 valence electrons. The number of halogens is 3. The summed E-state index contributed by atoms with van der Waals surface area (Å²) in [6, 6.07) is 6.22. The summed E-state index contributed by atoms with van der Waals surface area (Å²) in [4.78, 5) is 17.9. The number of amides is 1. The van der Waals surface area contributed by atoms with Gasteiger partial charge in [0, 0.05) is 43.7 Å². The minimum Gasteiger partial charge on any atom is -0.406 e. The van der Waals surface area contributed by atoms with Gasteiger partial charge in [-0.3, -0.25) is 9.69 Å². The van der Waals surface area contributed by atoms with Crippen LogP contribution in [-0.2, 0) is 0 Å². The number of alkyl halides is 3. The van der Waals surface area contributed by atoms with Crippen LogP contribution in [0.25, 0.3) is 5.69 Å². The molecule has 3 heterocycles. The van der Waals surface area contributed by atoms with Crippen LogP contribution in [0, 0.1) is 6.92 Å². The van der Waals surface area contributed by atoms with E-state index >= 15 is 0 Å². The Morgan fingerprint density at radius 2 is 1.83 bits per heavy atom. The number of likely N-dealkylation sites (tertiary alicyclic amines) is 2. The number of piperidine rings is 1. The predicted molar refractivity (Wildman–Crippen MR) is 123 cm³/mol. The lowest BCUT2D eigenvalue weighted by molar-refractivity contribution is -0.274. The summed E-state index contributed by atoms with van der Waals surface area (Å²) in [5.41, 5.74) is 2.36. The molecule has 1 aromatic heterocycles. The minimum absolute atomic E-state index is 0.0636. The Balaban J connectivity index is 1.37. The first-order valence-electron chi connectivity index (χ1n) is 12.3. The van der Waals surface area contributed by atoms with E-state index in [1.54, 1.807) is 17.7 Å². The molecule has 0 radical (unpaired) electrons. The van der Waals surface area contributed by atoms with Crippen molar-refractivity contribution in [1.29, 1.82) is 0 Å². The van der Waals surface area contributed by atoms with Crippen molar-refractivity contribution in [3.63, 3.8) is 0 Å². The third-order valence-electron chi connectivity index (χ3n) is 7.55. The van der Waals surface area contributed by atoms with Gasteiger partial charge in [0.2, 0.25) is 0 Å². The van der Waals surface area contributed by atoms with Gasteiger partial charge in [-0.05, 0) is 58.1 Å². The van der Waals surface area contributed by atoms with Gasteiger partial charge >= 0.3 is 6.36 Å². The van der Waals surface area contributed by atoms with E-state index in [1.165, 1.54) is 18.2 Å². The van der Waals surface area contributed by atoms with Crippen LogP contribution in [0.1, 0.15) is 66.7 Å². The second kappa shape index (κ2) is 9.13. The maximum absolute atomic E-state index is 13.7. The van der Waals surface area contributed by atoms with E-state index in [2.05, 4.69) is 21.7 Å². The van der Waals surface area contributed by atoms with Crippen LogP contribution in [0.4, 0.5) is 13.2 Å². The third kappa shape index (κ3) is 4.91. The lowest BCUT2D eigenvalue weighted by Crippen LogP contribution is -2.48. The fourth-order valence-corrected chi connectivity index (χ4v) is 5.57. The summed E-state index contributed by atoms with van der Waals surface area (Å²) in [6.45, 7) is 5.99. The molecule has 2 saturated heterocycles. The second-order valence-electron chi connectivity index (χ2n) is 9.93. The standard InChI is InChI=1S/C25H31F3N4O3/c1-15-22(24(34)30-11-8-18(9-12-30)31-13-10-21(33)16(31)2)23(17-6-7-17)32(29-15)19-4-3-5-20(14-19)35-25(26,27)28/h3-5,14,16-18,21,33H,6-13H2,1-2H3/t16-,21-/m1/s1. The van der Waals surface area contributed by atoms with Crippen molar-refractivity contribution in [3.8, 4) is 11.4 Å². The molecule has 1 amide bonds. The highest BCUT2D eigenvalue weighted by molar-refractivity contribution is 5.97. The SMILES string of the molecule is Cc1nn(-c2cccc(OC(F)(F)F)c2)c(C2CC2)c1C(=O)N1CCC(N2CC[C@@H](O)[C@H]2C)CC1. The number of aryl methyl sites for hydroxylation is 1. The van der Waals surface area contributed by atoms with Crippen molar-refractivity contribution in [2.24, 2.45) is 0 Å². The van der Waals surface area contributed by atoms with Gasteiger partial charge < -0.3 is 14.7 Å². The topological polar surface area (TPSA) is 70.8 Å². The first-order valence-corrected chi connectivity index (χ1v) is 12.3. The first-order chi connectivity index (χ1) is 16.6. The molecule has 2 atom stereocenters. The van der Waals surface area contributed by atoms with Crippen LogP contribution in [0.15, 0.2) is 24.3 Å². The number of carbonyl (C=O) groups is 1. The molecule has 3 fully saturated rings. The number of hydrogen-bond donors (Lipinski definition) is 1. The van der Waals surface area contributed by atoms with Crippen LogP contribution in [-0.4, -0.2) is 74.8 Å². The van der Waals surface area contributed by atoms with Gasteiger partial charge in [0.15, 0.2) is 0 Å². The van der Waals surface area contributed by atoms with Crippen molar-refractivity contribution in [2.45, 2.75) is 76.4 Å². The molecular weight excluding hydrogens is 461 g/mol. The van der Waals surface area contributed by atoms with Crippen LogP contribution < -0.4 is 4.74 Å². The predicted octanol–water partition coefficient (Wildman–Crippen LogP) is 4.02. The number of carbonyl (C=O) groups excluding carboxylic acids is 1. The van der Waals surface area contributed by atoms with Gasteiger partial charge in [-0.2, -0.15) is 5.10 Å². The molecule has 5 rings (SSSR count). The molecule has 1 aliphatic carbocycles. The maximum Gasteiger partial charge on any atom is 0.573 e. The maximum atomic E-state index is 13.7. The van der Waals surface area contributed by atoms with Crippen LogP contribution in [0.2, 0.25) is 0 Å². The van der Waals surface area contributed by atoms with Gasteiger partial charge in [0.1, 0.15) is 5.75 Å². The van der Waals surface area contributed by atoms with Crippen molar-refractivity contribution < 1.29 is 27.8 Å². The van der Waals surface area contributed by atoms with Crippen LogP contribution in [0.5, 0.6) is 5.75 Å². The number of benzene rings is 1. The highest BCUT2D eigenvalue weighted by atomic mass is 19.4. The van der Waals surface area contributed by atoms with E-state index in [4.69, 9.17) is 0 Å². The van der Waals surface area contributed by atoms with Gasteiger partial charge in [-0.15, -0.1) is 13.2 Å². The lowest BCUT2D eigenvalue weighted by Gasteiger charge is -2.39. The Morgan fingerprint density at radius 3 is 2.43 bits per heavy atom. The molecule has 2 aromatic rings. The molecule has 0 bridgehead atoms. The normalized spacial score (nSPS) is 24.2. The van der Waals surface area contributed by atoms with Gasteiger partial charge in [0.25, 0.3) is 5.91 Å². The largest absolute Gasteiger partial charge is 0.573 e. The smallest absolute Gasteiger partial charge is 0.406 e. The van der Waals surface area contributed by atoms with E-state index < -0.39 is 6.36 Å². The number of aliphatic hydroxyl groups is 1. The summed E-state index contributed by atoms with van der Waals surface area (Å²) < 4.78 is 43.9. The first kappa shape index (κ1) is 24.1. The van der Waals surface area contributed by atoms with Crippen LogP contribution >= 0.6 is 0 Å². The van der Waals surface area contributed by atoms with Crippen LogP contribution in [0.3, 0.4) is 0 Å². The molecular formula is C25H31F3N4O3. The lowest BCUT2D eigenvalue weighted by atomic mass is 10.0. The zero-order valence-corrected chi connectivity index (χ0v) is 20.0. The van der Waals surface area contributed by atoms with Gasteiger partial charge in [-0.1, -0.05) is 6.07 Å². The molecule has 3 aliphatic rings. The number of aromatic nitrogens is 2. The highest BCUT2D eigenvalue weighted by Crippen LogP contribution is 2.44. The Labute approximate surface area is 202 Å². The molecule has 35 heavy (non-hydrogen) atoms. The molecule has 1 aromatic carbocycles. The Kier molecular flexibility index (Phi) is 6.29. The van der Waals surface area contributed by atoms with Crippen molar-refractivity contribution >= 4 is 5.91 Å². The number of nitrogens with zero attached hydrogens (tertiary/aromatic N) is 4. The fraction of sp³-hybridized carbons (Fsp3) is 0.600. The monoisotopic (exact) mass is 492 g/mol.